The van der Waals surface area contributed by atoms with Crippen molar-refractivity contribution in [2.45, 2.75) is 4.90 Å². The van der Waals surface area contributed by atoms with Gasteiger partial charge in [-0.25, -0.2) is 12.8 Å². The molecule has 3 aromatic rings. The molecule has 0 saturated carbocycles. The number of hydrogen-bond donors (Lipinski definition) is 0. The first-order valence-electron chi connectivity index (χ1n) is 12.2. The van der Waals surface area contributed by atoms with Gasteiger partial charge in [-0.05, 0) is 48.5 Å². The predicted octanol–water partition coefficient (Wildman–Crippen LogP) is 3.57. The Kier molecular flexibility index (Phi) is 6.98. The van der Waals surface area contributed by atoms with E-state index in [0.717, 1.165) is 36.6 Å². The molecule has 0 atom stereocenters. The minimum atomic E-state index is -3.72. The van der Waals surface area contributed by atoms with Crippen LogP contribution in [0.2, 0.25) is 0 Å². The van der Waals surface area contributed by atoms with Crippen molar-refractivity contribution in [2.75, 3.05) is 67.1 Å². The fraction of sp³-hybridized carbons (Fsp3) is 0.308. The van der Waals surface area contributed by atoms with Crippen molar-refractivity contribution in [1.29, 1.82) is 0 Å². The third-order valence-corrected chi connectivity index (χ3v) is 8.87. The highest BCUT2D eigenvalue weighted by atomic mass is 32.2. The highest BCUT2D eigenvalue weighted by Gasteiger charge is 2.30. The third kappa shape index (κ3) is 5.23. The molecule has 2 heterocycles. The van der Waals surface area contributed by atoms with Gasteiger partial charge in [0.1, 0.15) is 11.5 Å². The molecule has 2 aliphatic heterocycles. The molecule has 2 fully saturated rings. The molecule has 0 unspecified atom stereocenters. The lowest BCUT2D eigenvalue weighted by molar-refractivity contribution is -0.384. The number of hydrogen-bond acceptors (Lipinski definition) is 7. The van der Waals surface area contributed by atoms with Crippen molar-refractivity contribution in [3.63, 3.8) is 0 Å². The van der Waals surface area contributed by atoms with Crippen molar-refractivity contribution >= 4 is 32.8 Å². The molecule has 0 aliphatic carbocycles. The summed E-state index contributed by atoms with van der Waals surface area (Å²) in [7, 11) is -3.72. The molecule has 0 spiro atoms. The zero-order chi connectivity index (χ0) is 26.0. The largest absolute Gasteiger partial charge is 0.369 e. The van der Waals surface area contributed by atoms with Crippen molar-refractivity contribution in [3.05, 3.63) is 88.7 Å². The van der Waals surface area contributed by atoms with E-state index in [0.29, 0.717) is 31.9 Å². The van der Waals surface area contributed by atoms with E-state index in [9.17, 15) is 22.9 Å². The number of sulfonamides is 1. The van der Waals surface area contributed by atoms with E-state index >= 15 is 0 Å². The number of para-hydroxylation sites is 1. The molecule has 37 heavy (non-hydrogen) atoms. The minimum absolute atomic E-state index is 0.0643. The van der Waals surface area contributed by atoms with Crippen LogP contribution >= 0.6 is 0 Å². The van der Waals surface area contributed by atoms with Crippen LogP contribution in [0.4, 0.5) is 27.1 Å². The van der Waals surface area contributed by atoms with E-state index in [2.05, 4.69) is 21.9 Å². The van der Waals surface area contributed by atoms with E-state index in [1.165, 1.54) is 22.5 Å². The quantitative estimate of drug-likeness (QED) is 0.359. The molecular weight excluding hydrogens is 497 g/mol. The summed E-state index contributed by atoms with van der Waals surface area (Å²) < 4.78 is 40.5. The standard InChI is InChI=1S/C26H28FN5O4S/c27-21-6-9-24(10-7-21)37(35,36)31-18-16-29(17-19-31)23-8-11-25(32(33)34)26(20-23)30-14-12-28(13-15-30)22-4-2-1-3-5-22/h1-11,20H,12-19H2. The maximum absolute atomic E-state index is 13.2. The van der Waals surface area contributed by atoms with Gasteiger partial charge in [0.15, 0.2) is 0 Å². The summed E-state index contributed by atoms with van der Waals surface area (Å²) >= 11 is 0. The Morgan fingerprint density at radius 1 is 0.703 bits per heavy atom. The first-order chi connectivity index (χ1) is 17.8. The molecule has 11 heteroatoms. The highest BCUT2D eigenvalue weighted by Crippen LogP contribution is 2.34. The number of nitro benzene ring substituents is 1. The molecule has 0 radical (unpaired) electrons. The van der Waals surface area contributed by atoms with Crippen LogP contribution in [0.3, 0.4) is 0 Å². The van der Waals surface area contributed by atoms with Gasteiger partial charge in [-0.15, -0.1) is 0 Å². The van der Waals surface area contributed by atoms with Crippen molar-refractivity contribution in [3.8, 4) is 0 Å². The first-order valence-corrected chi connectivity index (χ1v) is 13.6. The second-order valence-electron chi connectivity index (χ2n) is 9.08. The fourth-order valence-electron chi connectivity index (χ4n) is 4.90. The number of piperazine rings is 2. The topological polar surface area (TPSA) is 90.2 Å². The number of anilines is 3. The Labute approximate surface area is 215 Å². The fourth-order valence-corrected chi connectivity index (χ4v) is 6.33. The van der Waals surface area contributed by atoms with E-state index in [4.69, 9.17) is 0 Å². The lowest BCUT2D eigenvalue weighted by Crippen LogP contribution is -2.49. The lowest BCUT2D eigenvalue weighted by atomic mass is 10.1. The van der Waals surface area contributed by atoms with Gasteiger partial charge >= 0.3 is 0 Å². The summed E-state index contributed by atoms with van der Waals surface area (Å²) in [5.41, 5.74) is 2.61. The van der Waals surface area contributed by atoms with E-state index in [1.807, 2.05) is 29.2 Å². The smallest absolute Gasteiger partial charge is 0.292 e. The minimum Gasteiger partial charge on any atom is -0.369 e. The molecule has 0 amide bonds. The molecule has 0 N–H and O–H groups in total. The SMILES string of the molecule is O=[N+]([O-])c1ccc(N2CCN(S(=O)(=O)c3ccc(F)cc3)CC2)cc1N1CCN(c2ccccc2)CC1. The summed E-state index contributed by atoms with van der Waals surface area (Å²) in [5.74, 6) is -0.487. The second kappa shape index (κ2) is 10.3. The number of nitro groups is 1. The Morgan fingerprint density at radius 2 is 1.27 bits per heavy atom. The number of halogens is 1. The molecule has 0 bridgehead atoms. The molecule has 2 aliphatic rings. The number of nitrogens with zero attached hydrogens (tertiary/aromatic N) is 5. The lowest BCUT2D eigenvalue weighted by Gasteiger charge is -2.38. The molecule has 2 saturated heterocycles. The van der Waals surface area contributed by atoms with Crippen LogP contribution in [0.5, 0.6) is 0 Å². The summed E-state index contributed by atoms with van der Waals surface area (Å²) in [5, 5.41) is 11.8. The van der Waals surface area contributed by atoms with Crippen LogP contribution in [0, 0.1) is 15.9 Å². The van der Waals surface area contributed by atoms with Gasteiger partial charge in [-0.2, -0.15) is 4.31 Å². The van der Waals surface area contributed by atoms with Crippen LogP contribution in [-0.2, 0) is 10.0 Å². The normalized spacial score (nSPS) is 17.2. The van der Waals surface area contributed by atoms with Gasteiger partial charge in [0.05, 0.1) is 9.82 Å². The summed E-state index contributed by atoms with van der Waals surface area (Å²) in [6.45, 7) is 4.24. The second-order valence-corrected chi connectivity index (χ2v) is 11.0. The van der Waals surface area contributed by atoms with Crippen LogP contribution in [0.25, 0.3) is 0 Å². The third-order valence-electron chi connectivity index (χ3n) is 6.95. The van der Waals surface area contributed by atoms with Crippen LogP contribution in [-0.4, -0.2) is 70.0 Å². The zero-order valence-corrected chi connectivity index (χ0v) is 21.1. The van der Waals surface area contributed by atoms with Crippen LogP contribution < -0.4 is 14.7 Å². The number of rotatable bonds is 6. The summed E-state index contributed by atoms with van der Waals surface area (Å²) in [6, 6.07) is 20.1. The highest BCUT2D eigenvalue weighted by molar-refractivity contribution is 7.89. The molecule has 0 aromatic heterocycles. The summed E-state index contributed by atoms with van der Waals surface area (Å²) in [4.78, 5) is 17.9. The Balaban J connectivity index is 1.29. The Morgan fingerprint density at radius 3 is 1.89 bits per heavy atom. The van der Waals surface area contributed by atoms with Crippen LogP contribution in [0.15, 0.2) is 77.7 Å². The van der Waals surface area contributed by atoms with Crippen LogP contribution in [0.1, 0.15) is 0 Å². The number of benzene rings is 3. The van der Waals surface area contributed by atoms with Crippen molar-refractivity contribution < 1.29 is 17.7 Å². The van der Waals surface area contributed by atoms with Gasteiger partial charge in [-0.1, -0.05) is 18.2 Å². The van der Waals surface area contributed by atoms with Gasteiger partial charge in [-0.3, -0.25) is 10.1 Å². The van der Waals surface area contributed by atoms with Gasteiger partial charge in [0.25, 0.3) is 5.69 Å². The monoisotopic (exact) mass is 525 g/mol. The van der Waals surface area contributed by atoms with E-state index < -0.39 is 15.8 Å². The van der Waals surface area contributed by atoms with Crippen molar-refractivity contribution in [1.82, 2.24) is 4.31 Å². The van der Waals surface area contributed by atoms with E-state index in [-0.39, 0.29) is 28.6 Å². The molecule has 5 rings (SSSR count). The van der Waals surface area contributed by atoms with Gasteiger partial charge in [0.2, 0.25) is 10.0 Å². The van der Waals surface area contributed by atoms with Crippen molar-refractivity contribution in [2.24, 2.45) is 0 Å². The molecule has 194 valence electrons. The average Bonchev–Trinajstić information content (AvgIpc) is 2.93. The predicted molar refractivity (Wildman–Crippen MR) is 141 cm³/mol. The molecule has 9 nitrogen and oxygen atoms in total. The van der Waals surface area contributed by atoms with E-state index in [1.54, 1.807) is 6.07 Å². The van der Waals surface area contributed by atoms with Gasteiger partial charge in [0, 0.05) is 69.8 Å². The molecule has 3 aromatic carbocycles. The molecular formula is C26H28FN5O4S. The summed E-state index contributed by atoms with van der Waals surface area (Å²) in [6.07, 6.45) is 0. The van der Waals surface area contributed by atoms with Gasteiger partial charge < -0.3 is 14.7 Å². The average molecular weight is 526 g/mol. The maximum atomic E-state index is 13.2. The first kappa shape index (κ1) is 25.0. The zero-order valence-electron chi connectivity index (χ0n) is 20.2. The maximum Gasteiger partial charge on any atom is 0.292 e. The Bertz CT molecular complexity index is 1360. The Hall–Kier alpha value is -3.70.